The predicted octanol–water partition coefficient (Wildman–Crippen LogP) is 5.87. The van der Waals surface area contributed by atoms with Crippen LogP contribution < -0.4 is 4.90 Å². The first-order valence-electron chi connectivity index (χ1n) is 9.17. The van der Waals surface area contributed by atoms with Crippen molar-refractivity contribution < 1.29 is 9.59 Å². The van der Waals surface area contributed by atoms with E-state index in [9.17, 15) is 9.59 Å². The van der Waals surface area contributed by atoms with Crippen LogP contribution in [0.15, 0.2) is 83.8 Å². The molecule has 0 saturated heterocycles. The Hall–Kier alpha value is -2.82. The summed E-state index contributed by atoms with van der Waals surface area (Å²) in [6.07, 6.45) is 0. The van der Waals surface area contributed by atoms with E-state index in [2.05, 4.69) is 0 Å². The van der Waals surface area contributed by atoms with Gasteiger partial charge in [-0.2, -0.15) is 0 Å². The number of rotatable bonds is 5. The van der Waals surface area contributed by atoms with Crippen LogP contribution in [0.25, 0.3) is 5.57 Å². The van der Waals surface area contributed by atoms with Gasteiger partial charge in [0.15, 0.2) is 0 Å². The van der Waals surface area contributed by atoms with Crippen molar-refractivity contribution in [3.63, 3.8) is 0 Å². The van der Waals surface area contributed by atoms with Crippen LogP contribution in [0.2, 0.25) is 5.02 Å². The molecule has 0 spiro atoms. The minimum atomic E-state index is -0.309. The van der Waals surface area contributed by atoms with Crippen molar-refractivity contribution in [1.82, 2.24) is 0 Å². The van der Waals surface area contributed by atoms with Crippen LogP contribution >= 0.6 is 23.4 Å². The number of halogens is 1. The SMILES string of the molecule is Cc1ccc(N2C(=O)C(SCc3ccccc3)=C(c3ccc(Cl)cc3)C2=O)cc1. The summed E-state index contributed by atoms with van der Waals surface area (Å²) in [5, 5.41) is 0.583. The Balaban J connectivity index is 1.74. The highest BCUT2D eigenvalue weighted by atomic mass is 35.5. The molecule has 1 aliphatic heterocycles. The third-order valence-corrected chi connectivity index (χ3v) is 6.09. The fraction of sp³-hybridized carbons (Fsp3) is 0.0833. The summed E-state index contributed by atoms with van der Waals surface area (Å²) in [4.78, 5) is 28.3. The van der Waals surface area contributed by atoms with Crippen LogP contribution in [0, 0.1) is 6.92 Å². The highest BCUT2D eigenvalue weighted by molar-refractivity contribution is 8.03. The summed E-state index contributed by atoms with van der Waals surface area (Å²) < 4.78 is 0. The highest BCUT2D eigenvalue weighted by Gasteiger charge is 2.40. The fourth-order valence-electron chi connectivity index (χ4n) is 3.17. The fourth-order valence-corrected chi connectivity index (χ4v) is 4.37. The van der Waals surface area contributed by atoms with Gasteiger partial charge in [0, 0.05) is 10.8 Å². The number of anilines is 1. The molecule has 1 heterocycles. The molecular weight excluding hydrogens is 402 g/mol. The first kappa shape index (κ1) is 19.5. The molecule has 2 amide bonds. The molecule has 0 bridgehead atoms. The van der Waals surface area contributed by atoms with Crippen molar-refractivity contribution in [3.05, 3.63) is 105 Å². The first-order valence-corrected chi connectivity index (χ1v) is 10.5. The Morgan fingerprint density at radius 2 is 1.48 bits per heavy atom. The lowest BCUT2D eigenvalue weighted by molar-refractivity contribution is -0.119. The highest BCUT2D eigenvalue weighted by Crippen LogP contribution is 2.39. The Morgan fingerprint density at radius 1 is 0.828 bits per heavy atom. The first-order chi connectivity index (χ1) is 14.0. The Labute approximate surface area is 179 Å². The quantitative estimate of drug-likeness (QED) is 0.485. The molecule has 3 aromatic carbocycles. The molecule has 0 unspecified atom stereocenters. The maximum absolute atomic E-state index is 13.3. The van der Waals surface area contributed by atoms with Gasteiger partial charge in [0.1, 0.15) is 0 Å². The second-order valence-corrected chi connectivity index (χ2v) is 8.19. The van der Waals surface area contributed by atoms with Gasteiger partial charge in [0.05, 0.1) is 16.2 Å². The Kier molecular flexibility index (Phi) is 5.56. The maximum Gasteiger partial charge on any atom is 0.272 e. The maximum atomic E-state index is 13.3. The number of hydrogen-bond acceptors (Lipinski definition) is 3. The third kappa shape index (κ3) is 4.00. The summed E-state index contributed by atoms with van der Waals surface area (Å²) in [5.41, 5.74) is 3.85. The molecule has 0 radical (unpaired) electrons. The minimum Gasteiger partial charge on any atom is -0.268 e. The van der Waals surface area contributed by atoms with Gasteiger partial charge >= 0.3 is 0 Å². The van der Waals surface area contributed by atoms with Crippen LogP contribution in [0.5, 0.6) is 0 Å². The van der Waals surface area contributed by atoms with Crippen molar-refractivity contribution in [2.24, 2.45) is 0 Å². The van der Waals surface area contributed by atoms with E-state index in [-0.39, 0.29) is 11.8 Å². The number of carbonyl (C=O) groups excluding carboxylic acids is 2. The molecule has 0 aromatic heterocycles. The standard InChI is InChI=1S/C24H18ClNO2S/c1-16-7-13-20(14-8-16)26-23(27)21(18-9-11-19(25)12-10-18)22(24(26)28)29-15-17-5-3-2-4-6-17/h2-14H,15H2,1H3. The molecule has 29 heavy (non-hydrogen) atoms. The molecule has 3 nitrogen and oxygen atoms in total. The van der Waals surface area contributed by atoms with E-state index < -0.39 is 0 Å². The van der Waals surface area contributed by atoms with Gasteiger partial charge in [-0.3, -0.25) is 9.59 Å². The number of aryl methyl sites for hydroxylation is 1. The number of carbonyl (C=O) groups is 2. The Morgan fingerprint density at radius 3 is 2.14 bits per heavy atom. The zero-order valence-electron chi connectivity index (χ0n) is 15.8. The van der Waals surface area contributed by atoms with E-state index in [1.807, 2.05) is 49.4 Å². The van der Waals surface area contributed by atoms with Crippen LogP contribution in [0.1, 0.15) is 16.7 Å². The molecular formula is C24H18ClNO2S. The van der Waals surface area contributed by atoms with E-state index in [1.165, 1.54) is 16.7 Å². The zero-order chi connectivity index (χ0) is 20.4. The van der Waals surface area contributed by atoms with Crippen LogP contribution in [-0.2, 0) is 15.3 Å². The number of imide groups is 1. The van der Waals surface area contributed by atoms with E-state index >= 15 is 0 Å². The molecule has 0 aliphatic carbocycles. The van der Waals surface area contributed by atoms with Crippen molar-refractivity contribution >= 4 is 46.4 Å². The number of benzene rings is 3. The van der Waals surface area contributed by atoms with Gasteiger partial charge in [-0.25, -0.2) is 4.90 Å². The Bertz CT molecular complexity index is 1090. The number of amides is 2. The van der Waals surface area contributed by atoms with Crippen molar-refractivity contribution in [2.75, 3.05) is 4.90 Å². The summed E-state index contributed by atoms with van der Waals surface area (Å²) >= 11 is 7.41. The zero-order valence-corrected chi connectivity index (χ0v) is 17.3. The van der Waals surface area contributed by atoms with E-state index in [0.29, 0.717) is 32.5 Å². The minimum absolute atomic E-state index is 0.287. The summed E-state index contributed by atoms with van der Waals surface area (Å²) in [5.74, 6) is 0.00932. The molecule has 0 fully saturated rings. The predicted molar refractivity (Wildman–Crippen MR) is 120 cm³/mol. The van der Waals surface area contributed by atoms with Crippen LogP contribution in [-0.4, -0.2) is 11.8 Å². The molecule has 4 rings (SSSR count). The second kappa shape index (κ2) is 8.27. The monoisotopic (exact) mass is 419 g/mol. The van der Waals surface area contributed by atoms with Crippen molar-refractivity contribution in [1.29, 1.82) is 0 Å². The molecule has 144 valence electrons. The number of hydrogen-bond donors (Lipinski definition) is 0. The van der Waals surface area contributed by atoms with E-state index in [0.717, 1.165) is 11.1 Å². The molecule has 0 saturated carbocycles. The van der Waals surface area contributed by atoms with Crippen LogP contribution in [0.4, 0.5) is 5.69 Å². The van der Waals surface area contributed by atoms with Gasteiger partial charge < -0.3 is 0 Å². The average Bonchev–Trinajstić information content (AvgIpc) is 2.98. The second-order valence-electron chi connectivity index (χ2n) is 6.77. The lowest BCUT2D eigenvalue weighted by atomic mass is 10.1. The van der Waals surface area contributed by atoms with Crippen LogP contribution in [0.3, 0.4) is 0 Å². The van der Waals surface area contributed by atoms with Gasteiger partial charge in [-0.15, -0.1) is 11.8 Å². The normalized spacial score (nSPS) is 14.1. The summed E-state index contributed by atoms with van der Waals surface area (Å²) in [7, 11) is 0. The molecule has 0 N–H and O–H groups in total. The van der Waals surface area contributed by atoms with Crippen molar-refractivity contribution in [3.8, 4) is 0 Å². The summed E-state index contributed by atoms with van der Waals surface area (Å²) in [6.45, 7) is 1.97. The molecule has 3 aromatic rings. The van der Waals surface area contributed by atoms with Gasteiger partial charge in [-0.1, -0.05) is 71.8 Å². The molecule has 0 atom stereocenters. The van der Waals surface area contributed by atoms with E-state index in [1.54, 1.807) is 36.4 Å². The van der Waals surface area contributed by atoms with E-state index in [4.69, 9.17) is 11.6 Å². The molecule has 5 heteroatoms. The number of nitrogens with zero attached hydrogens (tertiary/aromatic N) is 1. The largest absolute Gasteiger partial charge is 0.272 e. The third-order valence-electron chi connectivity index (χ3n) is 4.69. The average molecular weight is 420 g/mol. The number of thioether (sulfide) groups is 1. The lowest BCUT2D eigenvalue weighted by Crippen LogP contribution is -2.31. The topological polar surface area (TPSA) is 37.4 Å². The van der Waals surface area contributed by atoms with Gasteiger partial charge in [-0.05, 0) is 42.3 Å². The summed E-state index contributed by atoms with van der Waals surface area (Å²) in [6, 6.07) is 24.3. The van der Waals surface area contributed by atoms with Gasteiger partial charge in [0.2, 0.25) is 0 Å². The lowest BCUT2D eigenvalue weighted by Gasteiger charge is -2.15. The van der Waals surface area contributed by atoms with Crippen molar-refractivity contribution in [2.45, 2.75) is 12.7 Å². The smallest absolute Gasteiger partial charge is 0.268 e. The van der Waals surface area contributed by atoms with Gasteiger partial charge in [0.25, 0.3) is 11.8 Å². The molecule has 1 aliphatic rings.